The van der Waals surface area contributed by atoms with Gasteiger partial charge in [0.25, 0.3) is 11.8 Å². The van der Waals surface area contributed by atoms with E-state index in [1.54, 1.807) is 66.7 Å². The number of nitrogens with zero attached hydrogens (tertiary/aromatic N) is 1. The molecule has 0 saturated heterocycles. The molecule has 0 fully saturated rings. The van der Waals surface area contributed by atoms with Crippen LogP contribution in [0.15, 0.2) is 97.2 Å². The van der Waals surface area contributed by atoms with Crippen LogP contribution < -0.4 is 26.2 Å². The van der Waals surface area contributed by atoms with Crippen LogP contribution in [-0.2, 0) is 4.79 Å². The van der Waals surface area contributed by atoms with Crippen LogP contribution in [-0.4, -0.2) is 22.8 Å². The predicted molar refractivity (Wildman–Crippen MR) is 151 cm³/mol. The van der Waals surface area contributed by atoms with Crippen molar-refractivity contribution in [2.75, 3.05) is 10.6 Å². The lowest BCUT2D eigenvalue weighted by Crippen LogP contribution is -2.41. The monoisotopic (exact) mass is 541 g/mol. The summed E-state index contributed by atoms with van der Waals surface area (Å²) in [4.78, 5) is 40.7. The fourth-order valence-electron chi connectivity index (χ4n) is 3.33. The molecule has 0 bridgehead atoms. The standard InChI is InChI=1S/C29H24ClN5O4/c1-19-3-2-4-23(17-19)33-29(38)32-22-10-12-24(13-11-22)39-25-15-16-31-26(18-25)28(37)35-34-27(36)14-7-20-5-8-21(30)9-6-20/h2-18H,1H3,(H,34,36)(H,35,37)(H2,32,33,38)/b14-7+. The molecule has 10 heteroatoms. The van der Waals surface area contributed by atoms with Crippen molar-refractivity contribution in [3.05, 3.63) is 119 Å². The summed E-state index contributed by atoms with van der Waals surface area (Å²) in [7, 11) is 0. The van der Waals surface area contributed by atoms with Gasteiger partial charge in [-0.2, -0.15) is 0 Å². The number of hydrazine groups is 1. The van der Waals surface area contributed by atoms with E-state index in [0.717, 1.165) is 11.1 Å². The Morgan fingerprint density at radius 3 is 2.31 bits per heavy atom. The van der Waals surface area contributed by atoms with Gasteiger partial charge in [-0.15, -0.1) is 0 Å². The van der Waals surface area contributed by atoms with Crippen molar-refractivity contribution >= 4 is 46.9 Å². The summed E-state index contributed by atoms with van der Waals surface area (Å²) in [5.74, 6) is -0.292. The first-order valence-electron chi connectivity index (χ1n) is 11.8. The van der Waals surface area contributed by atoms with Gasteiger partial charge >= 0.3 is 6.03 Å². The largest absolute Gasteiger partial charge is 0.457 e. The molecule has 0 aliphatic heterocycles. The van der Waals surface area contributed by atoms with Crippen LogP contribution >= 0.6 is 11.6 Å². The third kappa shape index (κ3) is 8.44. The highest BCUT2D eigenvalue weighted by Crippen LogP contribution is 2.23. The van der Waals surface area contributed by atoms with E-state index in [-0.39, 0.29) is 11.7 Å². The second-order valence-corrected chi connectivity index (χ2v) is 8.72. The van der Waals surface area contributed by atoms with Gasteiger partial charge in [0.15, 0.2) is 0 Å². The number of anilines is 2. The minimum Gasteiger partial charge on any atom is -0.457 e. The zero-order chi connectivity index (χ0) is 27.6. The van der Waals surface area contributed by atoms with Crippen LogP contribution in [0.25, 0.3) is 6.08 Å². The maximum Gasteiger partial charge on any atom is 0.323 e. The number of urea groups is 1. The number of hydrogen-bond acceptors (Lipinski definition) is 5. The average molecular weight is 542 g/mol. The molecule has 4 rings (SSSR count). The SMILES string of the molecule is Cc1cccc(NC(=O)Nc2ccc(Oc3ccnc(C(=O)NNC(=O)/C=C/c4ccc(Cl)cc4)c3)cc2)c1. The maximum absolute atomic E-state index is 12.4. The molecule has 3 aromatic carbocycles. The van der Waals surface area contributed by atoms with E-state index in [2.05, 4.69) is 26.5 Å². The van der Waals surface area contributed by atoms with Crippen LogP contribution in [0.1, 0.15) is 21.6 Å². The molecule has 1 aromatic heterocycles. The molecule has 0 saturated carbocycles. The third-order valence-electron chi connectivity index (χ3n) is 5.18. The molecule has 0 unspecified atom stereocenters. The van der Waals surface area contributed by atoms with E-state index < -0.39 is 11.8 Å². The highest BCUT2D eigenvalue weighted by atomic mass is 35.5. The number of benzene rings is 3. The van der Waals surface area contributed by atoms with E-state index in [1.165, 1.54) is 18.3 Å². The van der Waals surface area contributed by atoms with Gasteiger partial charge in [-0.3, -0.25) is 25.4 Å². The Bertz CT molecular complexity index is 1510. The Hall–Kier alpha value is -5.15. The highest BCUT2D eigenvalue weighted by Gasteiger charge is 2.10. The van der Waals surface area contributed by atoms with Gasteiger partial charge in [0, 0.05) is 34.7 Å². The molecule has 0 radical (unpaired) electrons. The van der Waals surface area contributed by atoms with Crippen LogP contribution in [0.2, 0.25) is 5.02 Å². The number of carbonyl (C=O) groups excluding carboxylic acids is 3. The fraction of sp³-hybridized carbons (Fsp3) is 0.0345. The van der Waals surface area contributed by atoms with Gasteiger partial charge < -0.3 is 15.4 Å². The molecule has 0 aliphatic carbocycles. The number of halogens is 1. The van der Waals surface area contributed by atoms with Crippen LogP contribution in [0, 0.1) is 6.92 Å². The Labute approximate surface area is 229 Å². The lowest BCUT2D eigenvalue weighted by Gasteiger charge is -2.10. The van der Waals surface area contributed by atoms with Gasteiger partial charge in [0.1, 0.15) is 17.2 Å². The fourth-order valence-corrected chi connectivity index (χ4v) is 3.45. The summed E-state index contributed by atoms with van der Waals surface area (Å²) in [6.45, 7) is 1.95. The summed E-state index contributed by atoms with van der Waals surface area (Å²) < 4.78 is 5.80. The topological polar surface area (TPSA) is 121 Å². The molecule has 4 amide bonds. The number of amides is 4. The first kappa shape index (κ1) is 26.9. The van der Waals surface area contributed by atoms with E-state index in [1.807, 2.05) is 25.1 Å². The second kappa shape index (κ2) is 12.9. The van der Waals surface area contributed by atoms with Crippen molar-refractivity contribution in [3.63, 3.8) is 0 Å². The van der Waals surface area contributed by atoms with Crippen molar-refractivity contribution < 1.29 is 19.1 Å². The number of ether oxygens (including phenoxy) is 1. The van der Waals surface area contributed by atoms with Crippen molar-refractivity contribution in [2.45, 2.75) is 6.92 Å². The number of carbonyl (C=O) groups is 3. The van der Waals surface area contributed by atoms with Gasteiger partial charge in [-0.05, 0) is 78.7 Å². The maximum atomic E-state index is 12.4. The molecule has 39 heavy (non-hydrogen) atoms. The second-order valence-electron chi connectivity index (χ2n) is 8.28. The summed E-state index contributed by atoms with van der Waals surface area (Å²) in [6.07, 6.45) is 4.28. The number of pyridine rings is 1. The highest BCUT2D eigenvalue weighted by molar-refractivity contribution is 6.30. The zero-order valence-electron chi connectivity index (χ0n) is 20.8. The van der Waals surface area contributed by atoms with E-state index in [9.17, 15) is 14.4 Å². The molecule has 196 valence electrons. The average Bonchev–Trinajstić information content (AvgIpc) is 2.92. The van der Waals surface area contributed by atoms with Gasteiger partial charge in [-0.25, -0.2) is 4.79 Å². The van der Waals surface area contributed by atoms with Gasteiger partial charge in [0.2, 0.25) is 0 Å². The van der Waals surface area contributed by atoms with Crippen LogP contribution in [0.3, 0.4) is 0 Å². The third-order valence-corrected chi connectivity index (χ3v) is 5.44. The Morgan fingerprint density at radius 1 is 0.821 bits per heavy atom. The van der Waals surface area contributed by atoms with Crippen LogP contribution in [0.5, 0.6) is 11.5 Å². The molecule has 0 atom stereocenters. The minimum absolute atomic E-state index is 0.0422. The number of rotatable bonds is 7. The zero-order valence-corrected chi connectivity index (χ0v) is 21.5. The summed E-state index contributed by atoms with van der Waals surface area (Å²) >= 11 is 5.84. The molecule has 4 N–H and O–H groups in total. The molecule has 0 spiro atoms. The van der Waals surface area contributed by atoms with E-state index in [0.29, 0.717) is 27.9 Å². The number of nitrogens with one attached hydrogen (secondary N) is 4. The lowest BCUT2D eigenvalue weighted by atomic mass is 10.2. The first-order valence-corrected chi connectivity index (χ1v) is 12.1. The molecular formula is C29H24ClN5O4. The number of aromatic nitrogens is 1. The van der Waals surface area contributed by atoms with E-state index >= 15 is 0 Å². The van der Waals surface area contributed by atoms with Crippen molar-refractivity contribution in [3.8, 4) is 11.5 Å². The predicted octanol–water partition coefficient (Wildman–Crippen LogP) is 5.95. The Balaban J connectivity index is 1.27. The van der Waals surface area contributed by atoms with E-state index in [4.69, 9.17) is 16.3 Å². The normalized spacial score (nSPS) is 10.5. The van der Waals surface area contributed by atoms with Crippen molar-refractivity contribution in [2.24, 2.45) is 0 Å². The minimum atomic E-state index is -0.618. The molecule has 0 aliphatic rings. The summed E-state index contributed by atoms with van der Waals surface area (Å²) in [6, 6.07) is 23.8. The van der Waals surface area contributed by atoms with Crippen molar-refractivity contribution in [1.29, 1.82) is 0 Å². The molecule has 1 heterocycles. The quantitative estimate of drug-likeness (QED) is 0.170. The van der Waals surface area contributed by atoms with Gasteiger partial charge in [-0.1, -0.05) is 35.9 Å². The van der Waals surface area contributed by atoms with Crippen LogP contribution in [0.4, 0.5) is 16.2 Å². The summed E-state index contributed by atoms with van der Waals surface area (Å²) in [5, 5.41) is 6.12. The molecule has 4 aromatic rings. The smallest absolute Gasteiger partial charge is 0.323 e. The lowest BCUT2D eigenvalue weighted by molar-refractivity contribution is -0.117. The Kier molecular flexibility index (Phi) is 8.89. The van der Waals surface area contributed by atoms with Gasteiger partial charge in [0.05, 0.1) is 0 Å². The molecule has 9 nitrogen and oxygen atoms in total. The Morgan fingerprint density at radius 2 is 1.56 bits per heavy atom. The summed E-state index contributed by atoms with van der Waals surface area (Å²) in [5.41, 5.74) is 7.73. The number of aryl methyl sites for hydroxylation is 1. The van der Waals surface area contributed by atoms with Crippen molar-refractivity contribution in [1.82, 2.24) is 15.8 Å². The number of hydrogen-bond donors (Lipinski definition) is 4. The first-order chi connectivity index (χ1) is 18.8. The molecular weight excluding hydrogens is 518 g/mol.